The van der Waals surface area contributed by atoms with Crippen LogP contribution in [0.4, 0.5) is 0 Å². The van der Waals surface area contributed by atoms with Crippen molar-refractivity contribution < 1.29 is 4.79 Å². The zero-order chi connectivity index (χ0) is 9.69. The molecule has 0 bridgehead atoms. The summed E-state index contributed by atoms with van der Waals surface area (Å²) in [5.41, 5.74) is 1.45. The molecule has 1 heteroatoms. The van der Waals surface area contributed by atoms with Gasteiger partial charge in [-0.1, -0.05) is 18.6 Å². The van der Waals surface area contributed by atoms with E-state index in [1.165, 1.54) is 24.8 Å². The van der Waals surface area contributed by atoms with Gasteiger partial charge in [-0.25, -0.2) is 0 Å². The van der Waals surface area contributed by atoms with Crippen molar-refractivity contribution >= 4 is 5.78 Å². The van der Waals surface area contributed by atoms with Crippen molar-refractivity contribution in [1.82, 2.24) is 0 Å². The number of Topliss-reactive ketones (excluding diaryl/α,β-unsaturated/α-hetero) is 1. The highest BCUT2D eigenvalue weighted by molar-refractivity contribution is 5.92. The highest BCUT2D eigenvalue weighted by Crippen LogP contribution is 2.55. The third-order valence-corrected chi connectivity index (χ3v) is 3.85. The Bertz CT molecular complexity index is 285. The van der Waals surface area contributed by atoms with Crippen molar-refractivity contribution in [1.29, 1.82) is 0 Å². The summed E-state index contributed by atoms with van der Waals surface area (Å²) in [6.07, 6.45) is 6.71. The molecule has 0 aromatic rings. The van der Waals surface area contributed by atoms with Gasteiger partial charge in [-0.2, -0.15) is 0 Å². The molecule has 72 valence electrons. The summed E-state index contributed by atoms with van der Waals surface area (Å²) in [7, 11) is 0. The third kappa shape index (κ3) is 1.09. The molecule has 0 amide bonds. The van der Waals surface area contributed by atoms with Crippen molar-refractivity contribution in [2.75, 3.05) is 0 Å². The lowest BCUT2D eigenvalue weighted by Crippen LogP contribution is -2.23. The van der Waals surface area contributed by atoms with Crippen LogP contribution in [0.5, 0.6) is 0 Å². The van der Waals surface area contributed by atoms with E-state index in [9.17, 15) is 4.79 Å². The van der Waals surface area contributed by atoms with Gasteiger partial charge in [-0.05, 0) is 38.5 Å². The number of hydrogen-bond donors (Lipinski definition) is 0. The van der Waals surface area contributed by atoms with Gasteiger partial charge in [0.05, 0.1) is 0 Å². The first-order valence-corrected chi connectivity index (χ1v) is 5.21. The first-order chi connectivity index (χ1) is 5.97. The van der Waals surface area contributed by atoms with Gasteiger partial charge >= 0.3 is 0 Å². The summed E-state index contributed by atoms with van der Waals surface area (Å²) < 4.78 is 0. The number of hydrogen-bond acceptors (Lipinski definition) is 1. The minimum Gasteiger partial charge on any atom is -0.299 e. The summed E-state index contributed by atoms with van der Waals surface area (Å²) in [6.45, 7) is 6.42. The molecule has 0 spiro atoms. The Labute approximate surface area is 80.2 Å². The number of fused-ring (bicyclic) bond motifs is 1. The molecule has 0 N–H and O–H groups in total. The number of rotatable bonds is 0. The van der Waals surface area contributed by atoms with Gasteiger partial charge in [0, 0.05) is 11.8 Å². The van der Waals surface area contributed by atoms with E-state index < -0.39 is 0 Å². The normalized spacial score (nSPS) is 37.2. The number of carbonyl (C=O) groups is 1. The fourth-order valence-electron chi connectivity index (χ4n) is 3.04. The number of ketones is 1. The van der Waals surface area contributed by atoms with Gasteiger partial charge in [0.25, 0.3) is 0 Å². The topological polar surface area (TPSA) is 17.1 Å². The van der Waals surface area contributed by atoms with E-state index >= 15 is 0 Å². The zero-order valence-corrected chi connectivity index (χ0v) is 8.81. The van der Waals surface area contributed by atoms with Crippen molar-refractivity contribution in [3.05, 3.63) is 11.6 Å². The van der Waals surface area contributed by atoms with Crippen molar-refractivity contribution in [3.63, 3.8) is 0 Å². The molecule has 0 aliphatic heterocycles. The maximum Gasteiger partial charge on any atom is 0.143 e. The van der Waals surface area contributed by atoms with Crippen LogP contribution in [0.2, 0.25) is 0 Å². The quantitative estimate of drug-likeness (QED) is 0.521. The number of carbonyl (C=O) groups excluding carboxylic acids is 1. The van der Waals surface area contributed by atoms with Crippen LogP contribution in [0.25, 0.3) is 0 Å². The van der Waals surface area contributed by atoms with Gasteiger partial charge in [0.2, 0.25) is 0 Å². The maximum atomic E-state index is 11.8. The van der Waals surface area contributed by atoms with E-state index in [1.54, 1.807) is 0 Å². The van der Waals surface area contributed by atoms with E-state index in [0.717, 1.165) is 6.42 Å². The first-order valence-electron chi connectivity index (χ1n) is 5.21. The lowest BCUT2D eigenvalue weighted by Gasteiger charge is -2.33. The molecule has 1 saturated carbocycles. The van der Waals surface area contributed by atoms with Crippen LogP contribution in [0.15, 0.2) is 11.6 Å². The second-order valence-electron chi connectivity index (χ2n) is 5.30. The third-order valence-electron chi connectivity index (χ3n) is 3.85. The summed E-state index contributed by atoms with van der Waals surface area (Å²) in [4.78, 5) is 11.8. The van der Waals surface area contributed by atoms with E-state index in [0.29, 0.717) is 5.78 Å². The van der Waals surface area contributed by atoms with Crippen LogP contribution in [-0.2, 0) is 4.79 Å². The molecule has 1 fully saturated rings. The molecule has 1 unspecified atom stereocenters. The van der Waals surface area contributed by atoms with Crippen LogP contribution in [0.1, 0.15) is 46.5 Å². The smallest absolute Gasteiger partial charge is 0.143 e. The molecule has 2 aliphatic carbocycles. The van der Waals surface area contributed by atoms with Crippen LogP contribution < -0.4 is 0 Å². The predicted octanol–water partition coefficient (Wildman–Crippen LogP) is 3.10. The van der Waals surface area contributed by atoms with Gasteiger partial charge in [-0.15, -0.1) is 0 Å². The largest absolute Gasteiger partial charge is 0.299 e. The molecular formula is C12H18O. The molecule has 2 aliphatic rings. The van der Waals surface area contributed by atoms with Crippen molar-refractivity contribution in [2.24, 2.45) is 10.8 Å². The van der Waals surface area contributed by atoms with Gasteiger partial charge < -0.3 is 0 Å². The molecule has 0 aromatic heterocycles. The van der Waals surface area contributed by atoms with Crippen molar-refractivity contribution in [2.45, 2.75) is 46.5 Å². The average Bonchev–Trinajstić information content (AvgIpc) is 2.20. The second-order valence-corrected chi connectivity index (χ2v) is 5.30. The minimum atomic E-state index is -0.171. The van der Waals surface area contributed by atoms with Crippen LogP contribution >= 0.6 is 0 Å². The maximum absolute atomic E-state index is 11.8. The SMILES string of the molecule is CC12CCCC=C1C(C)(C)C(=O)C2. The van der Waals surface area contributed by atoms with Crippen molar-refractivity contribution in [3.8, 4) is 0 Å². The summed E-state index contributed by atoms with van der Waals surface area (Å²) in [5, 5.41) is 0. The second kappa shape index (κ2) is 2.46. The summed E-state index contributed by atoms with van der Waals surface area (Å²) in [6, 6.07) is 0. The monoisotopic (exact) mass is 178 g/mol. The standard InChI is InChI=1S/C12H18O/c1-11(2)9-6-4-5-7-12(9,3)8-10(11)13/h6H,4-5,7-8H2,1-3H3. The molecule has 1 atom stereocenters. The predicted molar refractivity (Wildman–Crippen MR) is 53.4 cm³/mol. The molecule has 2 rings (SSSR count). The van der Waals surface area contributed by atoms with Crippen LogP contribution in [0, 0.1) is 10.8 Å². The molecule has 13 heavy (non-hydrogen) atoms. The van der Waals surface area contributed by atoms with E-state index in [2.05, 4.69) is 26.8 Å². The molecule has 0 saturated heterocycles. The Kier molecular flexibility index (Phi) is 1.70. The minimum absolute atomic E-state index is 0.171. The lowest BCUT2D eigenvalue weighted by atomic mass is 9.71. The first kappa shape index (κ1) is 8.98. The van der Waals surface area contributed by atoms with Crippen LogP contribution in [0.3, 0.4) is 0 Å². The Morgan fingerprint density at radius 1 is 1.31 bits per heavy atom. The Balaban J connectivity index is 2.48. The van der Waals surface area contributed by atoms with Gasteiger partial charge in [-0.3, -0.25) is 4.79 Å². The lowest BCUT2D eigenvalue weighted by molar-refractivity contribution is -0.123. The Morgan fingerprint density at radius 3 is 2.62 bits per heavy atom. The molecule has 1 nitrogen and oxygen atoms in total. The van der Waals surface area contributed by atoms with E-state index in [-0.39, 0.29) is 10.8 Å². The zero-order valence-electron chi connectivity index (χ0n) is 8.81. The fraction of sp³-hybridized carbons (Fsp3) is 0.750. The van der Waals surface area contributed by atoms with Gasteiger partial charge in [0.1, 0.15) is 5.78 Å². The molecule has 0 aromatic carbocycles. The Morgan fingerprint density at radius 2 is 2.00 bits per heavy atom. The average molecular weight is 178 g/mol. The Hall–Kier alpha value is -0.590. The van der Waals surface area contributed by atoms with E-state index in [4.69, 9.17) is 0 Å². The molecular weight excluding hydrogens is 160 g/mol. The van der Waals surface area contributed by atoms with Crippen LogP contribution in [-0.4, -0.2) is 5.78 Å². The van der Waals surface area contributed by atoms with E-state index in [1.807, 2.05) is 0 Å². The fourth-order valence-corrected chi connectivity index (χ4v) is 3.04. The summed E-state index contributed by atoms with van der Waals surface area (Å²) >= 11 is 0. The highest BCUT2D eigenvalue weighted by Gasteiger charge is 2.50. The highest BCUT2D eigenvalue weighted by atomic mass is 16.1. The summed E-state index contributed by atoms with van der Waals surface area (Å²) in [5.74, 6) is 0.433. The molecule has 0 radical (unpaired) electrons. The molecule has 0 heterocycles. The van der Waals surface area contributed by atoms with Gasteiger partial charge in [0.15, 0.2) is 0 Å². The number of allylic oxidation sites excluding steroid dienone is 2.